The lowest BCUT2D eigenvalue weighted by atomic mass is 9.73. The number of alkyl carbamates (subject to hydrolysis) is 1. The second-order valence-electron chi connectivity index (χ2n) is 16.7. The number of carbonyl (C=O) groups excluding carboxylic acids is 5. The molecule has 322 valence electrons. The number of ketones is 2. The van der Waals surface area contributed by atoms with Crippen molar-refractivity contribution in [1.29, 1.82) is 0 Å². The number of carbonyl (C=O) groups is 5. The van der Waals surface area contributed by atoms with Gasteiger partial charge in [-0.05, 0) is 85.3 Å². The first kappa shape index (κ1) is 45.9. The molecule has 3 aliphatic heterocycles. The van der Waals surface area contributed by atoms with E-state index in [1.54, 1.807) is 47.7 Å². The molecule has 2 aromatic heterocycles. The molecule has 3 aliphatic rings. The molecule has 1 N–H and O–H groups in total. The fraction of sp³-hybridized carbons (Fsp3) is 0.636. The van der Waals surface area contributed by atoms with Crippen molar-refractivity contribution >= 4 is 40.9 Å². The maximum absolute atomic E-state index is 14.6. The molecule has 13 atom stereocenters. The molecule has 0 radical (unpaired) electrons. The zero-order valence-corrected chi connectivity index (χ0v) is 36.8. The number of ether oxygens (including phenoxy) is 6. The number of nitrogens with one attached hydrogen (secondary N) is 1. The highest BCUT2D eigenvalue weighted by molar-refractivity contribution is 7.16. The van der Waals surface area contributed by atoms with Crippen LogP contribution in [0.15, 0.2) is 36.5 Å². The summed E-state index contributed by atoms with van der Waals surface area (Å²) < 4.78 is 37.6. The van der Waals surface area contributed by atoms with E-state index in [4.69, 9.17) is 28.4 Å². The van der Waals surface area contributed by atoms with E-state index in [-0.39, 0.29) is 37.4 Å². The number of amides is 1. The van der Waals surface area contributed by atoms with Gasteiger partial charge >= 0.3 is 18.0 Å². The van der Waals surface area contributed by atoms with Crippen LogP contribution < -0.4 is 5.32 Å². The van der Waals surface area contributed by atoms with Crippen molar-refractivity contribution in [3.8, 4) is 22.4 Å². The molecule has 0 unspecified atom stereocenters. The molecule has 0 aliphatic carbocycles. The Bertz CT molecular complexity index is 1910. The van der Waals surface area contributed by atoms with E-state index in [0.29, 0.717) is 6.42 Å². The van der Waals surface area contributed by atoms with E-state index in [1.165, 1.54) is 25.2 Å². The van der Waals surface area contributed by atoms with Crippen LogP contribution in [0.5, 0.6) is 0 Å². The lowest BCUT2D eigenvalue weighted by Gasteiger charge is -2.47. The first-order valence-electron chi connectivity index (χ1n) is 20.4. The van der Waals surface area contributed by atoms with E-state index < -0.39 is 89.3 Å². The van der Waals surface area contributed by atoms with Gasteiger partial charge < -0.3 is 38.6 Å². The number of hydrogen-bond acceptors (Lipinski definition) is 14. The number of Topliss-reactive ketones (excluding diaryl/α,β-unsaturated/α-hetero) is 2. The number of likely N-dealkylation sites (N-methyl/N-ethyl adjacent to an activating group) is 1. The third kappa shape index (κ3) is 10.2. The SMILES string of the molecule is CC[C@@H]1OC(=O)[C@H](C)C(=O)[C@H](C)[C@@H](O[C@@H]2O[C@H](C)C[C@H](N(C)C)[C@H]2OC(C)=O)[C@@](C)(OCC#Cc2ccc(-c3ccccn3)s2)C[C@@H](C)C(=O)[C@@H](C)[C@H]2NC(=O)O[C@]12C. The van der Waals surface area contributed by atoms with Crippen LogP contribution in [-0.2, 0) is 47.6 Å². The summed E-state index contributed by atoms with van der Waals surface area (Å²) in [6.45, 7) is 14.8. The smallest absolute Gasteiger partial charge is 0.408 e. The molecule has 1 amide bonds. The highest BCUT2D eigenvalue weighted by Crippen LogP contribution is 2.41. The van der Waals surface area contributed by atoms with Crippen LogP contribution in [0.25, 0.3) is 10.6 Å². The molecule has 5 rings (SSSR count). The second kappa shape index (κ2) is 19.0. The maximum Gasteiger partial charge on any atom is 0.408 e. The van der Waals surface area contributed by atoms with Crippen molar-refractivity contribution in [2.24, 2.45) is 23.7 Å². The fourth-order valence-electron chi connectivity index (χ4n) is 8.80. The van der Waals surface area contributed by atoms with Gasteiger partial charge in [0.15, 0.2) is 23.8 Å². The van der Waals surface area contributed by atoms with Gasteiger partial charge in [0.05, 0.1) is 45.3 Å². The second-order valence-corrected chi connectivity index (χ2v) is 17.8. The van der Waals surface area contributed by atoms with Crippen LogP contribution in [0.4, 0.5) is 4.79 Å². The number of fused-ring (bicyclic) bond motifs is 1. The topological polar surface area (TPSA) is 169 Å². The van der Waals surface area contributed by atoms with E-state index in [9.17, 15) is 24.0 Å². The Morgan fingerprint density at radius 3 is 2.41 bits per heavy atom. The highest BCUT2D eigenvalue weighted by Gasteiger charge is 2.57. The van der Waals surface area contributed by atoms with Crippen molar-refractivity contribution < 1.29 is 52.4 Å². The van der Waals surface area contributed by atoms with E-state index in [1.807, 2.05) is 56.3 Å². The van der Waals surface area contributed by atoms with Gasteiger partial charge in [-0.15, -0.1) is 11.3 Å². The van der Waals surface area contributed by atoms with Gasteiger partial charge in [0.2, 0.25) is 0 Å². The number of aromatic nitrogens is 1. The lowest BCUT2D eigenvalue weighted by molar-refractivity contribution is -0.299. The molecule has 0 saturated carbocycles. The number of nitrogens with zero attached hydrogens (tertiary/aromatic N) is 2. The molecule has 59 heavy (non-hydrogen) atoms. The molecule has 0 bridgehead atoms. The Morgan fingerprint density at radius 2 is 1.76 bits per heavy atom. The van der Waals surface area contributed by atoms with Gasteiger partial charge in [0, 0.05) is 30.9 Å². The molecule has 15 heteroatoms. The van der Waals surface area contributed by atoms with Crippen LogP contribution in [0, 0.1) is 35.5 Å². The highest BCUT2D eigenvalue weighted by atomic mass is 32.1. The van der Waals surface area contributed by atoms with Gasteiger partial charge in [-0.3, -0.25) is 24.2 Å². The molecule has 3 saturated heterocycles. The average molecular weight is 838 g/mol. The fourth-order valence-corrected chi connectivity index (χ4v) is 9.66. The molecule has 0 spiro atoms. The van der Waals surface area contributed by atoms with Gasteiger partial charge in [-0.2, -0.15) is 0 Å². The van der Waals surface area contributed by atoms with Crippen molar-refractivity contribution in [2.45, 2.75) is 136 Å². The quantitative estimate of drug-likeness (QED) is 0.151. The number of pyridine rings is 1. The normalized spacial score (nSPS) is 35.7. The number of rotatable bonds is 8. The molecule has 14 nitrogen and oxygen atoms in total. The molecular weight excluding hydrogens is 779 g/mol. The van der Waals surface area contributed by atoms with Gasteiger partial charge in [-0.1, -0.05) is 45.6 Å². The summed E-state index contributed by atoms with van der Waals surface area (Å²) in [6, 6.07) is 8.38. The zero-order chi connectivity index (χ0) is 43.4. The largest absolute Gasteiger partial charge is 0.458 e. The van der Waals surface area contributed by atoms with E-state index in [2.05, 4.69) is 22.1 Å². The predicted molar refractivity (Wildman–Crippen MR) is 219 cm³/mol. The van der Waals surface area contributed by atoms with Crippen LogP contribution >= 0.6 is 11.3 Å². The minimum absolute atomic E-state index is 0.0366. The van der Waals surface area contributed by atoms with Crippen molar-refractivity contribution in [2.75, 3.05) is 20.7 Å². The molecular formula is C44H59N3O11S. The van der Waals surface area contributed by atoms with Gasteiger partial charge in [0.1, 0.15) is 24.4 Å². The predicted octanol–water partition coefficient (Wildman–Crippen LogP) is 5.59. The summed E-state index contributed by atoms with van der Waals surface area (Å²) in [5.74, 6) is 0.344. The third-order valence-corrected chi connectivity index (χ3v) is 13.0. The molecule has 2 aromatic rings. The molecule has 5 heterocycles. The number of hydrogen-bond donors (Lipinski definition) is 1. The Labute approximate surface area is 351 Å². The van der Waals surface area contributed by atoms with Crippen molar-refractivity contribution in [3.63, 3.8) is 0 Å². The summed E-state index contributed by atoms with van der Waals surface area (Å²) >= 11 is 1.48. The van der Waals surface area contributed by atoms with Crippen LogP contribution in [-0.4, -0.2) is 114 Å². The summed E-state index contributed by atoms with van der Waals surface area (Å²) in [5, 5.41) is 2.79. The van der Waals surface area contributed by atoms with Gasteiger partial charge in [-0.25, -0.2) is 4.79 Å². The molecule has 3 fully saturated rings. The first-order valence-corrected chi connectivity index (χ1v) is 21.2. The third-order valence-electron chi connectivity index (χ3n) is 11.9. The monoisotopic (exact) mass is 837 g/mol. The average Bonchev–Trinajstić information content (AvgIpc) is 3.80. The van der Waals surface area contributed by atoms with Crippen LogP contribution in [0.3, 0.4) is 0 Å². The summed E-state index contributed by atoms with van der Waals surface area (Å²) in [6.07, 6.45) is -2.73. The molecule has 0 aromatic carbocycles. The number of thiophene rings is 1. The van der Waals surface area contributed by atoms with Crippen molar-refractivity contribution in [1.82, 2.24) is 15.2 Å². The standard InChI is InChI=1S/C44H59N3O11S/c1-12-34-44(9)38(46-42(52)58-44)26(4)35(49)24(2)23-43(8,53-21-15-16-30-18-19-33(59-30)31-17-13-14-20-45-31)39(27(5)36(50)28(6)40(51)56-34)57-41-37(55-29(7)48)32(47(10)11)22-25(3)54-41/h13-14,17-20,24-28,32,34,37-39,41H,12,21-23H2,1-11H3,(H,46,52)/t24-,25-,26-,27+,28-,32+,34+,37-,38-,39-,41+,43+,44-/m1/s1. The maximum atomic E-state index is 14.6. The first-order chi connectivity index (χ1) is 27.8. The Balaban J connectivity index is 1.58. The number of esters is 2. The minimum Gasteiger partial charge on any atom is -0.458 e. The van der Waals surface area contributed by atoms with Gasteiger partial charge in [0.25, 0.3) is 0 Å². The minimum atomic E-state index is -1.44. The zero-order valence-electron chi connectivity index (χ0n) is 35.9. The Hall–Kier alpha value is -4.20. The van der Waals surface area contributed by atoms with E-state index in [0.717, 1.165) is 15.4 Å². The Morgan fingerprint density at radius 1 is 1.03 bits per heavy atom. The van der Waals surface area contributed by atoms with Crippen LogP contribution in [0.1, 0.15) is 86.5 Å². The summed E-state index contributed by atoms with van der Waals surface area (Å²) in [7, 11) is 3.74. The Kier molecular flexibility index (Phi) is 14.8. The summed E-state index contributed by atoms with van der Waals surface area (Å²) in [5.41, 5.74) is -2.02. The van der Waals surface area contributed by atoms with E-state index >= 15 is 0 Å². The summed E-state index contributed by atoms with van der Waals surface area (Å²) in [4.78, 5) is 76.4. The lowest BCUT2D eigenvalue weighted by Crippen LogP contribution is -2.61. The van der Waals surface area contributed by atoms with Crippen molar-refractivity contribution in [3.05, 3.63) is 41.4 Å². The van der Waals surface area contributed by atoms with Crippen LogP contribution in [0.2, 0.25) is 0 Å². The number of cyclic esters (lactones) is 1.